The molecule has 2 amide bonds. The highest BCUT2D eigenvalue weighted by Crippen LogP contribution is 2.26. The minimum atomic E-state index is -0.00827. The summed E-state index contributed by atoms with van der Waals surface area (Å²) >= 11 is 0. The maximum atomic E-state index is 12.4. The molecule has 2 aromatic rings. The van der Waals surface area contributed by atoms with Crippen molar-refractivity contribution in [2.75, 3.05) is 26.0 Å². The van der Waals surface area contributed by atoms with Gasteiger partial charge in [-0.3, -0.25) is 9.59 Å². The quantitative estimate of drug-likeness (QED) is 0.247. The number of aliphatic imine (C=N–C) groups is 1. The fraction of sp³-hybridized carbons (Fsp3) is 0.423. The standard InChI is InChI=1S/C26H35N5O2.HI/c1-4-27-26(28-17-19-12-14-22(15-13-19)25(33)31(2)3)29-18-20-8-7-11-23(16-20)30-24(32)21-9-5-6-10-21;/h7-8,11-16,21H,4-6,9-10,17-18H2,1-3H3,(H,30,32)(H2,27,28,29);1H. The number of nitrogens with zero attached hydrogens (tertiary/aromatic N) is 2. The summed E-state index contributed by atoms with van der Waals surface area (Å²) in [4.78, 5) is 30.7. The maximum Gasteiger partial charge on any atom is 0.253 e. The lowest BCUT2D eigenvalue weighted by Gasteiger charge is -2.13. The summed E-state index contributed by atoms with van der Waals surface area (Å²) in [6, 6.07) is 15.5. The summed E-state index contributed by atoms with van der Waals surface area (Å²) in [5.41, 5.74) is 3.59. The Labute approximate surface area is 219 Å². The Bertz CT molecular complexity index is 969. The number of hydrogen-bond acceptors (Lipinski definition) is 3. The SMILES string of the molecule is CCNC(=NCc1cccc(NC(=O)C2CCCC2)c1)NCc1ccc(C(=O)N(C)C)cc1.I. The van der Waals surface area contributed by atoms with Crippen molar-refractivity contribution < 1.29 is 9.59 Å². The van der Waals surface area contributed by atoms with E-state index in [0.29, 0.717) is 24.6 Å². The fourth-order valence-electron chi connectivity index (χ4n) is 3.90. The highest BCUT2D eigenvalue weighted by Gasteiger charge is 2.22. The molecule has 0 heterocycles. The molecule has 2 aromatic carbocycles. The van der Waals surface area contributed by atoms with E-state index in [1.165, 1.54) is 0 Å². The van der Waals surface area contributed by atoms with E-state index in [4.69, 9.17) is 0 Å². The molecule has 0 spiro atoms. The van der Waals surface area contributed by atoms with Gasteiger partial charge in [-0.05, 0) is 55.2 Å². The van der Waals surface area contributed by atoms with Gasteiger partial charge in [-0.25, -0.2) is 4.99 Å². The van der Waals surface area contributed by atoms with E-state index < -0.39 is 0 Å². The lowest BCUT2D eigenvalue weighted by atomic mass is 10.1. The first-order chi connectivity index (χ1) is 16.0. The van der Waals surface area contributed by atoms with Crippen LogP contribution in [0.3, 0.4) is 0 Å². The molecule has 8 heteroatoms. The van der Waals surface area contributed by atoms with Crippen molar-refractivity contribution >= 4 is 47.4 Å². The third kappa shape index (κ3) is 8.30. The van der Waals surface area contributed by atoms with Gasteiger partial charge in [0.2, 0.25) is 5.91 Å². The second kappa shape index (κ2) is 13.9. The molecule has 0 saturated heterocycles. The number of halogens is 1. The lowest BCUT2D eigenvalue weighted by Crippen LogP contribution is -2.36. The van der Waals surface area contributed by atoms with Gasteiger partial charge in [-0.1, -0.05) is 37.1 Å². The summed E-state index contributed by atoms with van der Waals surface area (Å²) in [6.07, 6.45) is 4.27. The molecule has 0 atom stereocenters. The molecule has 7 nitrogen and oxygen atoms in total. The number of carbonyl (C=O) groups excluding carboxylic acids is 2. The fourth-order valence-corrected chi connectivity index (χ4v) is 3.90. The Balaban J connectivity index is 0.00000408. The van der Waals surface area contributed by atoms with Crippen LogP contribution >= 0.6 is 24.0 Å². The summed E-state index contributed by atoms with van der Waals surface area (Å²) in [6.45, 7) is 3.87. The van der Waals surface area contributed by atoms with E-state index in [1.807, 2.05) is 55.5 Å². The number of hydrogen-bond donors (Lipinski definition) is 3. The van der Waals surface area contributed by atoms with Crippen molar-refractivity contribution in [2.24, 2.45) is 10.9 Å². The van der Waals surface area contributed by atoms with Crippen LogP contribution in [0.4, 0.5) is 5.69 Å². The van der Waals surface area contributed by atoms with Crippen molar-refractivity contribution in [3.63, 3.8) is 0 Å². The number of amides is 2. The van der Waals surface area contributed by atoms with Gasteiger partial charge in [0.15, 0.2) is 5.96 Å². The average molecular weight is 578 g/mol. The minimum absolute atomic E-state index is 0. The predicted molar refractivity (Wildman–Crippen MR) is 149 cm³/mol. The van der Waals surface area contributed by atoms with Gasteiger partial charge in [0.1, 0.15) is 0 Å². The number of rotatable bonds is 8. The molecule has 0 unspecified atom stereocenters. The van der Waals surface area contributed by atoms with Crippen LogP contribution in [0.15, 0.2) is 53.5 Å². The molecule has 3 N–H and O–H groups in total. The molecule has 1 fully saturated rings. The van der Waals surface area contributed by atoms with Crippen molar-refractivity contribution in [3.05, 3.63) is 65.2 Å². The first-order valence-electron chi connectivity index (χ1n) is 11.7. The molecule has 3 rings (SSSR count). The molecule has 0 radical (unpaired) electrons. The van der Waals surface area contributed by atoms with Crippen molar-refractivity contribution in [1.82, 2.24) is 15.5 Å². The van der Waals surface area contributed by atoms with E-state index in [2.05, 4.69) is 20.9 Å². The monoisotopic (exact) mass is 577 g/mol. The van der Waals surface area contributed by atoms with Gasteiger partial charge in [0, 0.05) is 44.4 Å². The number of guanidine groups is 1. The Morgan fingerprint density at radius 2 is 1.71 bits per heavy atom. The topological polar surface area (TPSA) is 85.8 Å². The molecule has 1 aliphatic rings. The largest absolute Gasteiger partial charge is 0.357 e. The van der Waals surface area contributed by atoms with Crippen LogP contribution in [0, 0.1) is 5.92 Å². The second-order valence-corrected chi connectivity index (χ2v) is 8.62. The summed E-state index contributed by atoms with van der Waals surface area (Å²) in [7, 11) is 3.49. The molecular formula is C26H36IN5O2. The van der Waals surface area contributed by atoms with Crippen molar-refractivity contribution in [3.8, 4) is 0 Å². The Kier molecular flexibility index (Phi) is 11.3. The number of carbonyl (C=O) groups is 2. The van der Waals surface area contributed by atoms with Gasteiger partial charge in [0.05, 0.1) is 6.54 Å². The summed E-state index contributed by atoms with van der Waals surface area (Å²) in [5, 5.41) is 9.65. The molecular weight excluding hydrogens is 541 g/mol. The van der Waals surface area contributed by atoms with Crippen molar-refractivity contribution in [1.29, 1.82) is 0 Å². The molecule has 0 bridgehead atoms. The Morgan fingerprint density at radius 3 is 2.35 bits per heavy atom. The highest BCUT2D eigenvalue weighted by atomic mass is 127. The van der Waals surface area contributed by atoms with Crippen LogP contribution in [0.1, 0.15) is 54.1 Å². The van der Waals surface area contributed by atoms with Gasteiger partial charge >= 0.3 is 0 Å². The third-order valence-corrected chi connectivity index (χ3v) is 5.75. The minimum Gasteiger partial charge on any atom is -0.357 e. The highest BCUT2D eigenvalue weighted by molar-refractivity contribution is 14.0. The Morgan fingerprint density at radius 1 is 1.00 bits per heavy atom. The zero-order valence-electron chi connectivity index (χ0n) is 20.3. The van der Waals surface area contributed by atoms with E-state index in [0.717, 1.165) is 49.0 Å². The average Bonchev–Trinajstić information content (AvgIpc) is 3.36. The molecule has 34 heavy (non-hydrogen) atoms. The zero-order valence-corrected chi connectivity index (χ0v) is 22.6. The third-order valence-electron chi connectivity index (χ3n) is 5.75. The van der Waals surface area contributed by atoms with E-state index in [9.17, 15) is 9.59 Å². The molecule has 184 valence electrons. The summed E-state index contributed by atoms with van der Waals surface area (Å²) in [5.74, 6) is 0.977. The van der Waals surface area contributed by atoms with Crippen LogP contribution in [0.2, 0.25) is 0 Å². The van der Waals surface area contributed by atoms with E-state index >= 15 is 0 Å². The van der Waals surface area contributed by atoms with Crippen LogP contribution in [-0.2, 0) is 17.9 Å². The first-order valence-corrected chi connectivity index (χ1v) is 11.7. The van der Waals surface area contributed by atoms with Crippen LogP contribution in [-0.4, -0.2) is 43.3 Å². The van der Waals surface area contributed by atoms with Crippen LogP contribution in [0.25, 0.3) is 0 Å². The molecule has 1 aliphatic carbocycles. The van der Waals surface area contributed by atoms with Gasteiger partial charge < -0.3 is 20.9 Å². The second-order valence-electron chi connectivity index (χ2n) is 8.62. The van der Waals surface area contributed by atoms with E-state index in [1.54, 1.807) is 19.0 Å². The zero-order chi connectivity index (χ0) is 23.6. The van der Waals surface area contributed by atoms with E-state index in [-0.39, 0.29) is 41.7 Å². The van der Waals surface area contributed by atoms with Crippen LogP contribution < -0.4 is 16.0 Å². The maximum absolute atomic E-state index is 12.4. The number of anilines is 1. The number of benzene rings is 2. The van der Waals surface area contributed by atoms with Crippen molar-refractivity contribution in [2.45, 2.75) is 45.7 Å². The van der Waals surface area contributed by atoms with Crippen LogP contribution in [0.5, 0.6) is 0 Å². The smallest absolute Gasteiger partial charge is 0.253 e. The predicted octanol–water partition coefficient (Wildman–Crippen LogP) is 4.39. The Hall–Kier alpha value is -2.62. The number of nitrogens with one attached hydrogen (secondary N) is 3. The van der Waals surface area contributed by atoms with Gasteiger partial charge in [0.25, 0.3) is 5.91 Å². The van der Waals surface area contributed by atoms with Gasteiger partial charge in [-0.15, -0.1) is 24.0 Å². The summed E-state index contributed by atoms with van der Waals surface area (Å²) < 4.78 is 0. The molecule has 0 aliphatic heterocycles. The normalized spacial score (nSPS) is 13.7. The van der Waals surface area contributed by atoms with Gasteiger partial charge in [-0.2, -0.15) is 0 Å². The molecule has 1 saturated carbocycles. The first kappa shape index (κ1) is 27.6. The lowest BCUT2D eigenvalue weighted by molar-refractivity contribution is -0.119. The molecule has 0 aromatic heterocycles.